The van der Waals surface area contributed by atoms with Crippen LogP contribution in [0.2, 0.25) is 0 Å². The number of aromatic nitrogens is 1. The summed E-state index contributed by atoms with van der Waals surface area (Å²) in [6.07, 6.45) is 3.91. The van der Waals surface area contributed by atoms with Gasteiger partial charge >= 0.3 is 0 Å². The van der Waals surface area contributed by atoms with E-state index < -0.39 is 17.4 Å². The predicted octanol–water partition coefficient (Wildman–Crippen LogP) is 6.15. The fraction of sp³-hybridized carbons (Fsp3) is 0.462. The molecular weight excluding hydrogens is 458 g/mol. The average molecular weight is 489 g/mol. The topological polar surface area (TPSA) is 82.5 Å². The number of anilines is 1. The molecule has 1 aliphatic carbocycles. The molecule has 3 aromatic rings. The van der Waals surface area contributed by atoms with Gasteiger partial charge in [-0.15, -0.1) is 11.3 Å². The van der Waals surface area contributed by atoms with E-state index in [1.165, 1.54) is 24.3 Å². The number of amides is 1. The van der Waals surface area contributed by atoms with Crippen molar-refractivity contribution in [1.82, 2.24) is 4.98 Å². The highest BCUT2D eigenvalue weighted by Crippen LogP contribution is 2.41. The molecule has 1 amide bonds. The largest absolute Gasteiger partial charge is 0.396 e. The molecule has 0 atom stereocenters. The maximum absolute atomic E-state index is 13.7. The average Bonchev–Trinajstić information content (AvgIpc) is 3.20. The third-order valence-electron chi connectivity index (χ3n) is 6.54. The van der Waals surface area contributed by atoms with Crippen LogP contribution in [0.3, 0.4) is 0 Å². The summed E-state index contributed by atoms with van der Waals surface area (Å²) in [5, 5.41) is 24.0. The minimum Gasteiger partial charge on any atom is -0.396 e. The zero-order valence-corrected chi connectivity index (χ0v) is 20.4. The van der Waals surface area contributed by atoms with Gasteiger partial charge in [-0.2, -0.15) is 0 Å². The fourth-order valence-corrected chi connectivity index (χ4v) is 5.65. The molecule has 34 heavy (non-hydrogen) atoms. The van der Waals surface area contributed by atoms with Gasteiger partial charge in [-0.25, -0.2) is 13.8 Å². The Kier molecular flexibility index (Phi) is 6.77. The van der Waals surface area contributed by atoms with Gasteiger partial charge in [0.25, 0.3) is 11.8 Å². The monoisotopic (exact) mass is 488 g/mol. The van der Waals surface area contributed by atoms with Crippen LogP contribution in [0.25, 0.3) is 10.2 Å². The molecule has 5 nitrogen and oxygen atoms in total. The molecule has 1 aliphatic rings. The molecule has 0 bridgehead atoms. The quantitative estimate of drug-likeness (QED) is 0.388. The molecule has 1 saturated carbocycles. The highest BCUT2D eigenvalue weighted by Gasteiger charge is 2.28. The lowest BCUT2D eigenvalue weighted by atomic mass is 9.83. The van der Waals surface area contributed by atoms with E-state index in [0.717, 1.165) is 47.8 Å². The summed E-state index contributed by atoms with van der Waals surface area (Å²) in [6, 6.07) is 8.99. The zero-order valence-electron chi connectivity index (χ0n) is 19.6. The van der Waals surface area contributed by atoms with Crippen LogP contribution in [0.4, 0.5) is 14.5 Å². The third-order valence-corrected chi connectivity index (χ3v) is 7.72. The Labute approximate surface area is 201 Å². The van der Waals surface area contributed by atoms with E-state index in [1.54, 1.807) is 37.3 Å². The second-order valence-corrected chi connectivity index (χ2v) is 10.9. The number of carbonyl (C=O) groups is 1. The number of rotatable bonds is 6. The van der Waals surface area contributed by atoms with Gasteiger partial charge in [0.2, 0.25) is 0 Å². The smallest absolute Gasteiger partial charge is 0.270 e. The zero-order chi connectivity index (χ0) is 24.7. The molecule has 0 aliphatic heterocycles. The van der Waals surface area contributed by atoms with Crippen LogP contribution in [0.1, 0.15) is 78.9 Å². The molecule has 3 N–H and O–H groups in total. The van der Waals surface area contributed by atoms with Gasteiger partial charge < -0.3 is 15.5 Å². The summed E-state index contributed by atoms with van der Waals surface area (Å²) < 4.78 is 28.4. The summed E-state index contributed by atoms with van der Waals surface area (Å²) in [4.78, 5) is 17.8. The summed E-state index contributed by atoms with van der Waals surface area (Å²) in [6.45, 7) is 4.28. The lowest BCUT2D eigenvalue weighted by molar-refractivity contribution is 0.0174. The predicted molar refractivity (Wildman–Crippen MR) is 131 cm³/mol. The number of thiazole rings is 1. The summed E-state index contributed by atoms with van der Waals surface area (Å²) in [7, 11) is 0. The molecule has 0 saturated heterocycles. The van der Waals surface area contributed by atoms with E-state index in [9.17, 15) is 23.8 Å². The molecule has 0 unspecified atom stereocenters. The van der Waals surface area contributed by atoms with Crippen molar-refractivity contribution in [3.05, 3.63) is 58.1 Å². The van der Waals surface area contributed by atoms with E-state index in [0.29, 0.717) is 23.1 Å². The first-order valence-electron chi connectivity index (χ1n) is 11.5. The van der Waals surface area contributed by atoms with Crippen molar-refractivity contribution >= 4 is 33.1 Å². The summed E-state index contributed by atoms with van der Waals surface area (Å²) >= 11 is 1.57. The van der Waals surface area contributed by atoms with Gasteiger partial charge in [0, 0.05) is 41.8 Å². The normalized spacial score (nSPS) is 19.4. The maximum Gasteiger partial charge on any atom is 0.270 e. The third kappa shape index (κ3) is 5.29. The van der Waals surface area contributed by atoms with Gasteiger partial charge in [0.05, 0.1) is 20.8 Å². The molecule has 0 radical (unpaired) electrons. The fourth-order valence-electron chi connectivity index (χ4n) is 4.50. The van der Waals surface area contributed by atoms with Crippen molar-refractivity contribution in [3.8, 4) is 0 Å². The minimum atomic E-state index is -3.05. The molecule has 1 heterocycles. The van der Waals surface area contributed by atoms with Gasteiger partial charge in [0.15, 0.2) is 0 Å². The van der Waals surface area contributed by atoms with Crippen LogP contribution >= 0.6 is 11.3 Å². The van der Waals surface area contributed by atoms with Crippen molar-refractivity contribution < 1.29 is 23.8 Å². The molecule has 182 valence electrons. The Morgan fingerprint density at radius 3 is 2.47 bits per heavy atom. The van der Waals surface area contributed by atoms with Crippen LogP contribution in [0, 0.1) is 5.92 Å². The number of carbonyl (C=O) groups excluding carboxylic acids is 1. The molecule has 0 spiro atoms. The Hall–Kier alpha value is -2.42. The Balaban J connectivity index is 1.66. The van der Waals surface area contributed by atoms with Gasteiger partial charge in [0.1, 0.15) is 0 Å². The standard InChI is InChI=1S/C26H30F2N2O3S/c1-25(2,33)19-12-21-22(34-24(30-21)16-9-7-15(14-31)8-10-16)13-20(19)29-23(32)17-5-4-6-18(11-17)26(3,27)28/h4-6,11-13,15-16,31,33H,7-10,14H2,1-3H3,(H,29,32). The molecule has 8 heteroatoms. The number of nitrogens with one attached hydrogen (secondary N) is 1. The van der Waals surface area contributed by atoms with Crippen molar-refractivity contribution in [2.45, 2.75) is 63.9 Å². The number of halogens is 2. The van der Waals surface area contributed by atoms with E-state index in [2.05, 4.69) is 5.32 Å². The Morgan fingerprint density at radius 1 is 1.15 bits per heavy atom. The van der Waals surface area contributed by atoms with Crippen LogP contribution in [-0.2, 0) is 11.5 Å². The summed E-state index contributed by atoms with van der Waals surface area (Å²) in [5.74, 6) is -2.88. The van der Waals surface area contributed by atoms with E-state index in [-0.39, 0.29) is 17.7 Å². The number of aliphatic hydroxyl groups is 2. The number of hydrogen-bond acceptors (Lipinski definition) is 5. The first-order chi connectivity index (χ1) is 16.0. The van der Waals surface area contributed by atoms with Gasteiger partial charge in [-0.1, -0.05) is 12.1 Å². The first kappa shape index (κ1) is 24.7. The second kappa shape index (κ2) is 9.32. The number of benzene rings is 2. The van der Waals surface area contributed by atoms with Crippen LogP contribution < -0.4 is 5.32 Å². The van der Waals surface area contributed by atoms with Gasteiger partial charge in [-0.3, -0.25) is 4.79 Å². The molecule has 4 rings (SSSR count). The Bertz CT molecular complexity index is 1190. The van der Waals surface area contributed by atoms with Crippen molar-refractivity contribution in [2.24, 2.45) is 5.92 Å². The molecule has 2 aromatic carbocycles. The van der Waals surface area contributed by atoms with Crippen LogP contribution in [0.5, 0.6) is 0 Å². The lowest BCUT2D eigenvalue weighted by Gasteiger charge is -2.25. The summed E-state index contributed by atoms with van der Waals surface area (Å²) in [5.41, 5.74) is 0.321. The Morgan fingerprint density at radius 2 is 1.85 bits per heavy atom. The van der Waals surface area contributed by atoms with E-state index >= 15 is 0 Å². The maximum atomic E-state index is 13.7. The highest BCUT2D eigenvalue weighted by molar-refractivity contribution is 7.18. The van der Waals surface area contributed by atoms with Crippen molar-refractivity contribution in [1.29, 1.82) is 0 Å². The lowest BCUT2D eigenvalue weighted by Crippen LogP contribution is -2.21. The van der Waals surface area contributed by atoms with Crippen LogP contribution in [0.15, 0.2) is 36.4 Å². The number of aliphatic hydroxyl groups excluding tert-OH is 1. The molecular formula is C26H30F2N2O3S. The minimum absolute atomic E-state index is 0.117. The highest BCUT2D eigenvalue weighted by atomic mass is 32.1. The van der Waals surface area contributed by atoms with Crippen molar-refractivity contribution in [3.63, 3.8) is 0 Å². The first-order valence-corrected chi connectivity index (χ1v) is 12.3. The van der Waals surface area contributed by atoms with E-state index in [1.807, 2.05) is 0 Å². The number of alkyl halides is 2. The van der Waals surface area contributed by atoms with E-state index in [4.69, 9.17) is 4.98 Å². The van der Waals surface area contributed by atoms with Gasteiger partial charge in [-0.05, 0) is 69.7 Å². The van der Waals surface area contributed by atoms with Crippen LogP contribution in [-0.4, -0.2) is 27.7 Å². The second-order valence-electron chi connectivity index (χ2n) is 9.80. The van der Waals surface area contributed by atoms with Crippen molar-refractivity contribution in [2.75, 3.05) is 11.9 Å². The SMILES string of the molecule is CC(C)(O)c1cc2nc(C3CCC(CO)CC3)sc2cc1NC(=O)c1cccc(C(C)(F)F)c1. The number of nitrogens with zero attached hydrogens (tertiary/aromatic N) is 1. The number of hydrogen-bond donors (Lipinski definition) is 3. The molecule has 1 fully saturated rings. The number of fused-ring (bicyclic) bond motifs is 1. The molecule has 1 aromatic heterocycles.